The zero-order chi connectivity index (χ0) is 15.1. The highest BCUT2D eigenvalue weighted by Gasteiger charge is 2.30. The van der Waals surface area contributed by atoms with E-state index in [1.165, 1.54) is 0 Å². The normalized spacial score (nSPS) is 12.2. The average molecular weight is 284 g/mol. The Morgan fingerprint density at radius 2 is 1.95 bits per heavy atom. The van der Waals surface area contributed by atoms with Gasteiger partial charge in [0.05, 0.1) is 10.7 Å². The van der Waals surface area contributed by atoms with Crippen molar-refractivity contribution in [3.8, 4) is 0 Å². The summed E-state index contributed by atoms with van der Waals surface area (Å²) in [5.41, 5.74) is -0.509. The summed E-state index contributed by atoms with van der Waals surface area (Å²) in [4.78, 5) is 6.43. The van der Waals surface area contributed by atoms with Crippen molar-refractivity contribution in [1.29, 1.82) is 0 Å². The zero-order valence-electron chi connectivity index (χ0n) is 11.3. The lowest BCUT2D eigenvalue weighted by Gasteiger charge is -2.10. The summed E-state index contributed by atoms with van der Waals surface area (Å²) >= 11 is 4.81. The standard InChI is InChI=1S/C12H12F2N2S.C2H6/c1-4-6-7-9-8(3)15-11(17)10(16-9)12(13,14)5-2;1-2/h4-7H,2-3H2,1H3,(H,15,17);1-2H3/b6-4-,9-7+;. The van der Waals surface area contributed by atoms with Crippen molar-refractivity contribution < 1.29 is 8.78 Å². The number of nitrogens with one attached hydrogen (secondary N) is 1. The van der Waals surface area contributed by atoms with Crippen LogP contribution in [0.4, 0.5) is 8.78 Å². The van der Waals surface area contributed by atoms with Crippen LogP contribution >= 0.6 is 12.2 Å². The fourth-order valence-corrected chi connectivity index (χ4v) is 1.45. The predicted octanol–water partition coefficient (Wildman–Crippen LogP) is 3.21. The number of halogens is 2. The smallest absolute Gasteiger partial charge is 0.310 e. The Bertz CT molecular complexity index is 615. The molecule has 0 spiro atoms. The van der Waals surface area contributed by atoms with Gasteiger partial charge < -0.3 is 4.98 Å². The van der Waals surface area contributed by atoms with E-state index in [1.807, 2.05) is 20.8 Å². The second kappa shape index (κ2) is 7.74. The van der Waals surface area contributed by atoms with E-state index in [9.17, 15) is 8.78 Å². The summed E-state index contributed by atoms with van der Waals surface area (Å²) in [6.07, 6.45) is 5.54. The first-order valence-corrected chi connectivity index (χ1v) is 6.27. The Hall–Kier alpha value is -1.62. The van der Waals surface area contributed by atoms with Crippen LogP contribution in [0.15, 0.2) is 24.8 Å². The largest absolute Gasteiger partial charge is 0.344 e. The molecule has 0 fully saturated rings. The van der Waals surface area contributed by atoms with Crippen molar-refractivity contribution in [3.05, 3.63) is 45.8 Å². The van der Waals surface area contributed by atoms with Crippen LogP contribution in [-0.4, -0.2) is 9.97 Å². The Labute approximate surface area is 116 Å². The maximum absolute atomic E-state index is 13.5. The van der Waals surface area contributed by atoms with Crippen molar-refractivity contribution in [2.45, 2.75) is 26.7 Å². The van der Waals surface area contributed by atoms with E-state index in [-0.39, 0.29) is 4.64 Å². The molecule has 0 aliphatic rings. The molecule has 104 valence electrons. The van der Waals surface area contributed by atoms with Gasteiger partial charge in [-0.05, 0) is 19.1 Å². The van der Waals surface area contributed by atoms with Crippen molar-refractivity contribution in [2.24, 2.45) is 0 Å². The van der Waals surface area contributed by atoms with Gasteiger partial charge in [0.2, 0.25) is 0 Å². The molecule has 0 amide bonds. The molecule has 0 aromatic carbocycles. The van der Waals surface area contributed by atoms with Gasteiger partial charge in [-0.3, -0.25) is 0 Å². The van der Waals surface area contributed by atoms with Gasteiger partial charge in [-0.2, -0.15) is 8.78 Å². The number of H-pyrrole nitrogens is 1. The van der Waals surface area contributed by atoms with Crippen LogP contribution in [0.5, 0.6) is 0 Å². The van der Waals surface area contributed by atoms with Crippen LogP contribution in [0.25, 0.3) is 12.7 Å². The van der Waals surface area contributed by atoms with Crippen LogP contribution in [0, 0.1) is 4.64 Å². The molecule has 1 heterocycles. The van der Waals surface area contributed by atoms with Crippen molar-refractivity contribution in [1.82, 2.24) is 9.97 Å². The minimum atomic E-state index is -3.25. The number of hydrogen-bond donors (Lipinski definition) is 1. The highest BCUT2D eigenvalue weighted by molar-refractivity contribution is 7.71. The average Bonchev–Trinajstić information content (AvgIpc) is 2.40. The minimum Gasteiger partial charge on any atom is -0.344 e. The molecule has 0 aliphatic heterocycles. The first-order chi connectivity index (χ1) is 8.92. The Kier molecular flexibility index (Phi) is 7.08. The number of alkyl halides is 2. The number of aromatic nitrogens is 2. The van der Waals surface area contributed by atoms with Crippen LogP contribution in [0.2, 0.25) is 0 Å². The maximum Gasteiger partial charge on any atom is 0.310 e. The van der Waals surface area contributed by atoms with E-state index in [0.717, 1.165) is 0 Å². The molecule has 0 atom stereocenters. The summed E-state index contributed by atoms with van der Waals surface area (Å²) in [6, 6.07) is 0. The fourth-order valence-electron chi connectivity index (χ4n) is 1.15. The first-order valence-electron chi connectivity index (χ1n) is 5.86. The molecular weight excluding hydrogens is 266 g/mol. The van der Waals surface area contributed by atoms with Crippen LogP contribution in [0.1, 0.15) is 26.5 Å². The van der Waals surface area contributed by atoms with Gasteiger partial charge >= 0.3 is 5.92 Å². The number of hydrogen-bond acceptors (Lipinski definition) is 2. The molecule has 0 unspecified atom stereocenters. The van der Waals surface area contributed by atoms with E-state index < -0.39 is 11.6 Å². The number of aromatic amines is 1. The summed E-state index contributed by atoms with van der Waals surface area (Å²) in [5, 5.41) is 0.727. The topological polar surface area (TPSA) is 28.7 Å². The molecular formula is C14H18F2N2S. The highest BCUT2D eigenvalue weighted by atomic mass is 32.1. The molecule has 5 heteroatoms. The molecule has 0 saturated carbocycles. The van der Waals surface area contributed by atoms with Crippen LogP contribution < -0.4 is 10.7 Å². The highest BCUT2D eigenvalue weighted by Crippen LogP contribution is 2.26. The maximum atomic E-state index is 13.5. The van der Waals surface area contributed by atoms with Crippen LogP contribution in [-0.2, 0) is 5.92 Å². The lowest BCUT2D eigenvalue weighted by molar-refractivity contribution is 0.0463. The number of rotatable bonds is 3. The summed E-state index contributed by atoms with van der Waals surface area (Å²) in [6.45, 7) is 12.5. The van der Waals surface area contributed by atoms with E-state index in [0.29, 0.717) is 16.8 Å². The van der Waals surface area contributed by atoms with Crippen molar-refractivity contribution >= 4 is 24.9 Å². The molecule has 1 aromatic heterocycles. The Morgan fingerprint density at radius 1 is 1.37 bits per heavy atom. The molecule has 0 aliphatic carbocycles. The third kappa shape index (κ3) is 4.52. The predicted molar refractivity (Wildman–Crippen MR) is 78.9 cm³/mol. The van der Waals surface area contributed by atoms with E-state index in [2.05, 4.69) is 23.1 Å². The summed E-state index contributed by atoms with van der Waals surface area (Å²) in [5.74, 6) is -3.25. The molecule has 1 rings (SSSR count). The molecule has 0 radical (unpaired) electrons. The second-order valence-electron chi connectivity index (χ2n) is 3.30. The first kappa shape index (κ1) is 17.4. The number of allylic oxidation sites excluding steroid dienone is 3. The molecule has 1 N–H and O–H groups in total. The van der Waals surface area contributed by atoms with Crippen molar-refractivity contribution in [3.63, 3.8) is 0 Å². The minimum absolute atomic E-state index is 0.127. The molecule has 1 aromatic rings. The summed E-state index contributed by atoms with van der Waals surface area (Å²) < 4.78 is 26.8. The lowest BCUT2D eigenvalue weighted by atomic mass is 10.2. The van der Waals surface area contributed by atoms with Gasteiger partial charge in [-0.15, -0.1) is 0 Å². The molecule has 19 heavy (non-hydrogen) atoms. The fraction of sp³-hybridized carbons (Fsp3) is 0.286. The van der Waals surface area contributed by atoms with Gasteiger partial charge in [0.25, 0.3) is 0 Å². The molecule has 2 nitrogen and oxygen atoms in total. The van der Waals surface area contributed by atoms with Crippen LogP contribution in [0.3, 0.4) is 0 Å². The van der Waals surface area contributed by atoms with Gasteiger partial charge in [0.1, 0.15) is 10.3 Å². The van der Waals surface area contributed by atoms with E-state index >= 15 is 0 Å². The SMILES string of the molecule is C=CC(F)(F)c1n/c(=C/C=C\C)c(=C)[nH]c1=S.CC. The van der Waals surface area contributed by atoms with Gasteiger partial charge in [-0.25, -0.2) is 4.98 Å². The summed E-state index contributed by atoms with van der Waals surface area (Å²) in [7, 11) is 0. The molecule has 0 saturated heterocycles. The third-order valence-electron chi connectivity index (χ3n) is 2.04. The zero-order valence-corrected chi connectivity index (χ0v) is 12.2. The Morgan fingerprint density at radius 3 is 2.42 bits per heavy atom. The lowest BCUT2D eigenvalue weighted by Crippen LogP contribution is -2.34. The van der Waals surface area contributed by atoms with Gasteiger partial charge in [0.15, 0.2) is 0 Å². The van der Waals surface area contributed by atoms with E-state index in [4.69, 9.17) is 12.2 Å². The quantitative estimate of drug-likeness (QED) is 0.682. The van der Waals surface area contributed by atoms with Gasteiger partial charge in [-0.1, -0.05) is 51.4 Å². The van der Waals surface area contributed by atoms with E-state index in [1.54, 1.807) is 18.2 Å². The monoisotopic (exact) mass is 284 g/mol. The van der Waals surface area contributed by atoms with Gasteiger partial charge in [0, 0.05) is 0 Å². The number of nitrogens with zero attached hydrogens (tertiary/aromatic N) is 1. The molecule has 0 bridgehead atoms. The second-order valence-corrected chi connectivity index (χ2v) is 3.71. The Balaban J connectivity index is 0.00000154. The van der Waals surface area contributed by atoms with Crippen molar-refractivity contribution in [2.75, 3.05) is 0 Å². The third-order valence-corrected chi connectivity index (χ3v) is 2.33.